The molecular formula is C15H29N. The van der Waals surface area contributed by atoms with Gasteiger partial charge in [0, 0.05) is 6.04 Å². The van der Waals surface area contributed by atoms with Crippen LogP contribution in [0, 0.1) is 11.8 Å². The molecule has 1 rings (SSSR count). The van der Waals surface area contributed by atoms with Crippen molar-refractivity contribution in [1.29, 1.82) is 0 Å². The van der Waals surface area contributed by atoms with Crippen molar-refractivity contribution < 1.29 is 0 Å². The Labute approximate surface area is 102 Å². The molecule has 1 nitrogen and oxygen atoms in total. The van der Waals surface area contributed by atoms with Gasteiger partial charge in [-0.3, -0.25) is 0 Å². The minimum atomic E-state index is 0.765. The summed E-state index contributed by atoms with van der Waals surface area (Å²) in [5, 5.41) is 3.67. The maximum atomic E-state index is 3.77. The number of allylic oxidation sites excluding steroid dienone is 1. The van der Waals surface area contributed by atoms with Crippen LogP contribution in [0.2, 0.25) is 0 Å². The Morgan fingerprint density at radius 1 is 1.31 bits per heavy atom. The molecule has 0 saturated heterocycles. The summed E-state index contributed by atoms with van der Waals surface area (Å²) in [7, 11) is 0. The number of unbranched alkanes of at least 4 members (excludes halogenated alkanes) is 3. The predicted octanol–water partition coefficient (Wildman–Crippen LogP) is 4.15. The van der Waals surface area contributed by atoms with E-state index in [1.165, 1.54) is 44.9 Å². The standard InChI is InChI=1S/C15H29N/c1-4-6-7-8-9-10-15(16-5-2)13(3)14-11-12-14/h4,13-16H,1,5-12H2,2-3H3. The molecule has 2 atom stereocenters. The highest BCUT2D eigenvalue weighted by Crippen LogP contribution is 2.39. The normalized spacial score (nSPS) is 19.4. The zero-order valence-electron chi connectivity index (χ0n) is 11.2. The van der Waals surface area contributed by atoms with E-state index in [2.05, 4.69) is 25.7 Å². The molecule has 0 heterocycles. The van der Waals surface area contributed by atoms with Crippen molar-refractivity contribution in [3.05, 3.63) is 12.7 Å². The van der Waals surface area contributed by atoms with E-state index in [4.69, 9.17) is 0 Å². The lowest BCUT2D eigenvalue weighted by atomic mass is 9.92. The molecule has 16 heavy (non-hydrogen) atoms. The van der Waals surface area contributed by atoms with Gasteiger partial charge in [-0.25, -0.2) is 0 Å². The van der Waals surface area contributed by atoms with Gasteiger partial charge in [0.2, 0.25) is 0 Å². The molecule has 94 valence electrons. The molecule has 0 aliphatic heterocycles. The fraction of sp³-hybridized carbons (Fsp3) is 0.867. The molecule has 0 bridgehead atoms. The van der Waals surface area contributed by atoms with Gasteiger partial charge >= 0.3 is 0 Å². The molecule has 1 aliphatic carbocycles. The van der Waals surface area contributed by atoms with Crippen molar-refractivity contribution in [2.75, 3.05) is 6.54 Å². The molecule has 1 saturated carbocycles. The van der Waals surface area contributed by atoms with E-state index in [1.54, 1.807) is 0 Å². The average molecular weight is 223 g/mol. The Hall–Kier alpha value is -0.300. The molecule has 0 aromatic heterocycles. The first-order chi connectivity index (χ1) is 7.79. The van der Waals surface area contributed by atoms with Crippen LogP contribution < -0.4 is 5.32 Å². The molecule has 2 unspecified atom stereocenters. The lowest BCUT2D eigenvalue weighted by Crippen LogP contribution is -2.35. The third-order valence-corrected chi connectivity index (χ3v) is 3.89. The fourth-order valence-electron chi connectivity index (χ4n) is 2.59. The van der Waals surface area contributed by atoms with Crippen molar-refractivity contribution in [2.24, 2.45) is 11.8 Å². The number of nitrogens with one attached hydrogen (secondary N) is 1. The van der Waals surface area contributed by atoms with E-state index < -0.39 is 0 Å². The second-order valence-electron chi connectivity index (χ2n) is 5.29. The molecule has 0 aromatic rings. The van der Waals surface area contributed by atoms with Gasteiger partial charge in [0.25, 0.3) is 0 Å². The molecule has 0 aromatic carbocycles. The van der Waals surface area contributed by atoms with Crippen LogP contribution in [0.5, 0.6) is 0 Å². The first-order valence-electron chi connectivity index (χ1n) is 7.13. The molecule has 1 heteroatoms. The van der Waals surface area contributed by atoms with Gasteiger partial charge in [0.1, 0.15) is 0 Å². The summed E-state index contributed by atoms with van der Waals surface area (Å²) in [6.07, 6.45) is 11.6. The van der Waals surface area contributed by atoms with Crippen molar-refractivity contribution in [1.82, 2.24) is 5.32 Å². The Kier molecular flexibility index (Phi) is 6.79. The van der Waals surface area contributed by atoms with E-state index in [0.717, 1.165) is 24.4 Å². The van der Waals surface area contributed by atoms with Crippen LogP contribution >= 0.6 is 0 Å². The number of rotatable bonds is 10. The first-order valence-corrected chi connectivity index (χ1v) is 7.13. The molecular weight excluding hydrogens is 194 g/mol. The fourth-order valence-corrected chi connectivity index (χ4v) is 2.59. The third kappa shape index (κ3) is 5.16. The van der Waals surface area contributed by atoms with Crippen LogP contribution in [0.25, 0.3) is 0 Å². The third-order valence-electron chi connectivity index (χ3n) is 3.89. The summed E-state index contributed by atoms with van der Waals surface area (Å²) in [4.78, 5) is 0. The molecule has 0 radical (unpaired) electrons. The summed E-state index contributed by atoms with van der Waals surface area (Å²) in [5.74, 6) is 1.91. The average Bonchev–Trinajstić information content (AvgIpc) is 3.10. The van der Waals surface area contributed by atoms with Crippen LogP contribution in [0.1, 0.15) is 58.8 Å². The molecule has 1 N–H and O–H groups in total. The van der Waals surface area contributed by atoms with Crippen LogP contribution in [-0.4, -0.2) is 12.6 Å². The van der Waals surface area contributed by atoms with E-state index in [0.29, 0.717) is 0 Å². The Morgan fingerprint density at radius 2 is 2.06 bits per heavy atom. The smallest absolute Gasteiger partial charge is 0.00952 e. The van der Waals surface area contributed by atoms with Gasteiger partial charge in [-0.15, -0.1) is 6.58 Å². The Morgan fingerprint density at radius 3 is 2.62 bits per heavy atom. The largest absolute Gasteiger partial charge is 0.314 e. The summed E-state index contributed by atoms with van der Waals surface area (Å²) in [6.45, 7) is 9.56. The van der Waals surface area contributed by atoms with Gasteiger partial charge in [0.05, 0.1) is 0 Å². The van der Waals surface area contributed by atoms with Crippen LogP contribution in [-0.2, 0) is 0 Å². The second-order valence-corrected chi connectivity index (χ2v) is 5.29. The maximum absolute atomic E-state index is 3.77. The van der Waals surface area contributed by atoms with Crippen LogP contribution in [0.3, 0.4) is 0 Å². The molecule has 1 fully saturated rings. The van der Waals surface area contributed by atoms with Crippen molar-refractivity contribution in [3.63, 3.8) is 0 Å². The minimum Gasteiger partial charge on any atom is -0.314 e. The predicted molar refractivity (Wildman–Crippen MR) is 72.6 cm³/mol. The molecule has 1 aliphatic rings. The maximum Gasteiger partial charge on any atom is 0.00952 e. The molecule has 0 amide bonds. The summed E-state index contributed by atoms with van der Waals surface area (Å²) >= 11 is 0. The summed E-state index contributed by atoms with van der Waals surface area (Å²) in [6, 6.07) is 0.765. The van der Waals surface area contributed by atoms with Crippen molar-refractivity contribution >= 4 is 0 Å². The van der Waals surface area contributed by atoms with Crippen molar-refractivity contribution in [3.8, 4) is 0 Å². The van der Waals surface area contributed by atoms with E-state index in [-0.39, 0.29) is 0 Å². The van der Waals surface area contributed by atoms with Gasteiger partial charge in [-0.2, -0.15) is 0 Å². The van der Waals surface area contributed by atoms with Crippen LogP contribution in [0.15, 0.2) is 12.7 Å². The Balaban J connectivity index is 2.13. The second kappa shape index (κ2) is 7.89. The zero-order valence-corrected chi connectivity index (χ0v) is 11.2. The molecule has 0 spiro atoms. The summed E-state index contributed by atoms with van der Waals surface area (Å²) < 4.78 is 0. The minimum absolute atomic E-state index is 0.765. The lowest BCUT2D eigenvalue weighted by molar-refractivity contribution is 0.321. The number of hydrogen-bond acceptors (Lipinski definition) is 1. The topological polar surface area (TPSA) is 12.0 Å². The van der Waals surface area contributed by atoms with Crippen molar-refractivity contribution in [2.45, 2.75) is 64.8 Å². The van der Waals surface area contributed by atoms with Gasteiger partial charge in [-0.1, -0.05) is 32.8 Å². The highest BCUT2D eigenvalue weighted by atomic mass is 14.9. The van der Waals surface area contributed by atoms with E-state index >= 15 is 0 Å². The quantitative estimate of drug-likeness (QED) is 0.433. The van der Waals surface area contributed by atoms with Gasteiger partial charge in [0.15, 0.2) is 0 Å². The van der Waals surface area contributed by atoms with E-state index in [1.807, 2.05) is 6.08 Å². The first kappa shape index (κ1) is 13.8. The SMILES string of the molecule is C=CCCCCCC(NCC)C(C)C1CC1. The number of hydrogen-bond donors (Lipinski definition) is 1. The lowest BCUT2D eigenvalue weighted by Gasteiger charge is -2.24. The van der Waals surface area contributed by atoms with Crippen LogP contribution in [0.4, 0.5) is 0 Å². The Bertz CT molecular complexity index is 184. The van der Waals surface area contributed by atoms with E-state index in [9.17, 15) is 0 Å². The van der Waals surface area contributed by atoms with Gasteiger partial charge < -0.3 is 5.32 Å². The van der Waals surface area contributed by atoms with Gasteiger partial charge in [-0.05, 0) is 50.5 Å². The highest BCUT2D eigenvalue weighted by Gasteiger charge is 2.32. The highest BCUT2D eigenvalue weighted by molar-refractivity contribution is 4.86. The summed E-state index contributed by atoms with van der Waals surface area (Å²) in [5.41, 5.74) is 0. The monoisotopic (exact) mass is 223 g/mol. The zero-order chi connectivity index (χ0) is 11.8.